The molecule has 0 aliphatic heterocycles. The smallest absolute Gasteiger partial charge is 0.303 e. The van der Waals surface area contributed by atoms with Crippen molar-refractivity contribution in [3.8, 4) is 11.5 Å². The van der Waals surface area contributed by atoms with Crippen LogP contribution in [0.1, 0.15) is 24.7 Å². The van der Waals surface area contributed by atoms with Crippen LogP contribution in [-0.4, -0.2) is 27.7 Å². The third-order valence-corrected chi connectivity index (χ3v) is 3.05. The number of nitrogens with zero attached hydrogens (tertiary/aromatic N) is 1. The average molecular weight is 318 g/mol. The highest BCUT2D eigenvalue weighted by Crippen LogP contribution is 2.26. The molecule has 0 fully saturated rings. The standard InChI is InChI=1S/C16H18N2O5/c1-2-22-12-5-3-4-6-13(12)23-10-14-17-9-11(16(21)18-14)7-8-15(19)20/h3-6,9H,2,7-8,10H2,1H3,(H,19,20)(H,17,18,21). The Hall–Kier alpha value is -2.83. The van der Waals surface area contributed by atoms with Gasteiger partial charge in [-0.2, -0.15) is 0 Å². The Kier molecular flexibility index (Phi) is 5.74. The van der Waals surface area contributed by atoms with E-state index >= 15 is 0 Å². The number of para-hydroxylation sites is 2. The first-order valence-corrected chi connectivity index (χ1v) is 7.23. The van der Waals surface area contributed by atoms with Gasteiger partial charge in [0.2, 0.25) is 0 Å². The summed E-state index contributed by atoms with van der Waals surface area (Å²) in [6.07, 6.45) is 1.42. The molecule has 0 bridgehead atoms. The van der Waals surface area contributed by atoms with Crippen molar-refractivity contribution in [1.29, 1.82) is 0 Å². The van der Waals surface area contributed by atoms with Crippen LogP contribution in [-0.2, 0) is 17.8 Å². The maximum absolute atomic E-state index is 11.9. The van der Waals surface area contributed by atoms with Gasteiger partial charge in [0.25, 0.3) is 5.56 Å². The van der Waals surface area contributed by atoms with Gasteiger partial charge < -0.3 is 19.6 Å². The number of nitrogens with one attached hydrogen (secondary N) is 1. The van der Waals surface area contributed by atoms with Crippen molar-refractivity contribution in [2.24, 2.45) is 0 Å². The van der Waals surface area contributed by atoms with Crippen LogP contribution in [0.25, 0.3) is 0 Å². The van der Waals surface area contributed by atoms with Gasteiger partial charge in [-0.05, 0) is 25.5 Å². The van der Waals surface area contributed by atoms with Crippen molar-refractivity contribution >= 4 is 5.97 Å². The fraction of sp³-hybridized carbons (Fsp3) is 0.312. The minimum atomic E-state index is -0.954. The Morgan fingerprint density at radius 3 is 2.57 bits per heavy atom. The van der Waals surface area contributed by atoms with E-state index in [4.69, 9.17) is 14.6 Å². The van der Waals surface area contributed by atoms with E-state index in [9.17, 15) is 9.59 Å². The maximum Gasteiger partial charge on any atom is 0.303 e. The third-order valence-electron chi connectivity index (χ3n) is 3.05. The summed E-state index contributed by atoms with van der Waals surface area (Å²) in [6, 6.07) is 7.23. The first kappa shape index (κ1) is 16.5. The number of carboxylic acids is 1. The predicted octanol–water partition coefficient (Wildman–Crippen LogP) is 1.76. The Morgan fingerprint density at radius 2 is 1.96 bits per heavy atom. The van der Waals surface area contributed by atoms with Crippen LogP contribution in [0.3, 0.4) is 0 Å². The highest BCUT2D eigenvalue weighted by molar-refractivity contribution is 5.67. The Labute approximate surface area is 132 Å². The number of rotatable bonds is 8. The monoisotopic (exact) mass is 318 g/mol. The van der Waals surface area contributed by atoms with Crippen molar-refractivity contribution < 1.29 is 19.4 Å². The zero-order valence-corrected chi connectivity index (χ0v) is 12.7. The minimum Gasteiger partial charge on any atom is -0.490 e. The van der Waals surface area contributed by atoms with Crippen LogP contribution in [0, 0.1) is 0 Å². The zero-order chi connectivity index (χ0) is 16.7. The molecule has 7 heteroatoms. The summed E-state index contributed by atoms with van der Waals surface area (Å²) >= 11 is 0. The molecule has 122 valence electrons. The van der Waals surface area contributed by atoms with E-state index in [2.05, 4.69) is 9.97 Å². The van der Waals surface area contributed by atoms with Crippen LogP contribution in [0.2, 0.25) is 0 Å². The van der Waals surface area contributed by atoms with Crippen LogP contribution >= 0.6 is 0 Å². The van der Waals surface area contributed by atoms with Gasteiger partial charge in [-0.15, -0.1) is 0 Å². The molecular formula is C16H18N2O5. The molecule has 2 rings (SSSR count). The van der Waals surface area contributed by atoms with Crippen molar-refractivity contribution in [3.05, 3.63) is 52.2 Å². The molecule has 23 heavy (non-hydrogen) atoms. The molecule has 0 aliphatic rings. The van der Waals surface area contributed by atoms with Gasteiger partial charge in [0.1, 0.15) is 12.4 Å². The molecule has 0 amide bonds. The quantitative estimate of drug-likeness (QED) is 0.769. The fourth-order valence-electron chi connectivity index (χ4n) is 1.94. The number of ether oxygens (including phenoxy) is 2. The molecule has 1 heterocycles. The summed E-state index contributed by atoms with van der Waals surface area (Å²) in [5.74, 6) is 0.590. The summed E-state index contributed by atoms with van der Waals surface area (Å²) in [4.78, 5) is 29.1. The number of benzene rings is 1. The van der Waals surface area contributed by atoms with Gasteiger partial charge in [-0.1, -0.05) is 12.1 Å². The lowest BCUT2D eigenvalue weighted by atomic mass is 10.2. The van der Waals surface area contributed by atoms with E-state index < -0.39 is 5.97 Å². The van der Waals surface area contributed by atoms with E-state index in [0.717, 1.165) is 0 Å². The van der Waals surface area contributed by atoms with Gasteiger partial charge >= 0.3 is 5.97 Å². The van der Waals surface area contributed by atoms with E-state index in [0.29, 0.717) is 29.5 Å². The Morgan fingerprint density at radius 1 is 1.26 bits per heavy atom. The molecule has 1 aromatic heterocycles. The molecule has 0 saturated heterocycles. The highest BCUT2D eigenvalue weighted by Gasteiger charge is 2.08. The summed E-state index contributed by atoms with van der Waals surface area (Å²) in [7, 11) is 0. The fourth-order valence-corrected chi connectivity index (χ4v) is 1.94. The number of carbonyl (C=O) groups is 1. The number of aromatic nitrogens is 2. The first-order chi connectivity index (χ1) is 11.1. The number of aromatic amines is 1. The van der Waals surface area contributed by atoms with Gasteiger partial charge in [-0.25, -0.2) is 4.98 Å². The van der Waals surface area contributed by atoms with Gasteiger partial charge in [0.05, 0.1) is 6.61 Å². The molecule has 2 aromatic rings. The molecule has 0 radical (unpaired) electrons. The van der Waals surface area contributed by atoms with Crippen LogP contribution in [0.15, 0.2) is 35.3 Å². The number of aryl methyl sites for hydroxylation is 1. The van der Waals surface area contributed by atoms with Crippen LogP contribution < -0.4 is 15.0 Å². The van der Waals surface area contributed by atoms with Crippen LogP contribution in [0.5, 0.6) is 11.5 Å². The minimum absolute atomic E-state index is 0.0819. The largest absolute Gasteiger partial charge is 0.490 e. The summed E-state index contributed by atoms with van der Waals surface area (Å²) < 4.78 is 11.1. The van der Waals surface area contributed by atoms with Crippen molar-refractivity contribution in [2.45, 2.75) is 26.4 Å². The lowest BCUT2D eigenvalue weighted by Crippen LogP contribution is -2.18. The summed E-state index contributed by atoms with van der Waals surface area (Å²) in [5, 5.41) is 8.64. The second-order valence-electron chi connectivity index (χ2n) is 4.75. The Balaban J connectivity index is 2.03. The number of aliphatic carboxylic acids is 1. The van der Waals surface area contributed by atoms with Gasteiger partial charge in [-0.3, -0.25) is 9.59 Å². The van der Waals surface area contributed by atoms with Gasteiger partial charge in [0, 0.05) is 18.2 Å². The first-order valence-electron chi connectivity index (χ1n) is 7.23. The SMILES string of the molecule is CCOc1ccccc1OCc1ncc(CCC(=O)O)c(=O)[nH]1. The van der Waals surface area contributed by atoms with E-state index in [1.165, 1.54) is 6.20 Å². The molecular weight excluding hydrogens is 300 g/mol. The lowest BCUT2D eigenvalue weighted by Gasteiger charge is -2.11. The molecule has 0 unspecified atom stereocenters. The lowest BCUT2D eigenvalue weighted by molar-refractivity contribution is -0.136. The zero-order valence-electron chi connectivity index (χ0n) is 12.7. The topological polar surface area (TPSA) is 102 Å². The maximum atomic E-state index is 11.9. The van der Waals surface area contributed by atoms with E-state index in [1.54, 1.807) is 12.1 Å². The normalized spacial score (nSPS) is 10.3. The number of hydrogen-bond acceptors (Lipinski definition) is 5. The third kappa shape index (κ3) is 4.84. The molecule has 2 N–H and O–H groups in total. The van der Waals surface area contributed by atoms with Gasteiger partial charge in [0.15, 0.2) is 11.5 Å². The second kappa shape index (κ2) is 7.98. The molecule has 0 atom stereocenters. The summed E-state index contributed by atoms with van der Waals surface area (Å²) in [6.45, 7) is 2.48. The predicted molar refractivity (Wildman–Crippen MR) is 82.8 cm³/mol. The van der Waals surface area contributed by atoms with Crippen molar-refractivity contribution in [2.75, 3.05) is 6.61 Å². The highest BCUT2D eigenvalue weighted by atomic mass is 16.5. The molecule has 0 aliphatic carbocycles. The molecule has 0 saturated carbocycles. The number of hydrogen-bond donors (Lipinski definition) is 2. The second-order valence-corrected chi connectivity index (χ2v) is 4.75. The number of H-pyrrole nitrogens is 1. The van der Waals surface area contributed by atoms with Crippen molar-refractivity contribution in [1.82, 2.24) is 9.97 Å². The van der Waals surface area contributed by atoms with Crippen molar-refractivity contribution in [3.63, 3.8) is 0 Å². The van der Waals surface area contributed by atoms with E-state index in [-0.39, 0.29) is 25.0 Å². The van der Waals surface area contributed by atoms with E-state index in [1.807, 2.05) is 19.1 Å². The number of carboxylic acid groups (broad SMARTS) is 1. The average Bonchev–Trinajstić information content (AvgIpc) is 2.53. The van der Waals surface area contributed by atoms with Crippen LogP contribution in [0.4, 0.5) is 0 Å². The summed E-state index contributed by atoms with van der Waals surface area (Å²) in [5.41, 5.74) is -0.0104. The molecule has 0 spiro atoms. The molecule has 1 aromatic carbocycles. The molecule has 7 nitrogen and oxygen atoms in total. The Bertz CT molecular complexity index is 726.